The van der Waals surface area contributed by atoms with Crippen molar-refractivity contribution in [3.8, 4) is 0 Å². The van der Waals surface area contributed by atoms with E-state index in [1.165, 1.54) is 0 Å². The van der Waals surface area contributed by atoms with Crippen LogP contribution in [0.1, 0.15) is 26.6 Å². The van der Waals surface area contributed by atoms with Gasteiger partial charge < -0.3 is 10.1 Å². The van der Waals surface area contributed by atoms with Crippen LogP contribution in [0.5, 0.6) is 0 Å². The van der Waals surface area contributed by atoms with E-state index in [4.69, 9.17) is 16.3 Å². The third-order valence-corrected chi connectivity index (χ3v) is 3.22. The van der Waals surface area contributed by atoms with Crippen molar-refractivity contribution >= 4 is 23.2 Å². The number of hydrogen-bond acceptors (Lipinski definition) is 4. The molecule has 0 aliphatic carbocycles. The highest BCUT2D eigenvalue weighted by Gasteiger charge is 2.15. The molecule has 114 valence electrons. The minimum Gasteiger partial charge on any atom is -0.368 e. The molecule has 0 aliphatic rings. The second-order valence-electron chi connectivity index (χ2n) is 5.25. The van der Waals surface area contributed by atoms with E-state index < -0.39 is 6.10 Å². The Hall–Kier alpha value is -1.66. The number of carbonyl (C=O) groups excluding carboxylic acids is 1. The number of amides is 1. The largest absolute Gasteiger partial charge is 0.368 e. The van der Waals surface area contributed by atoms with E-state index in [-0.39, 0.29) is 12.5 Å². The number of halogens is 1. The van der Waals surface area contributed by atoms with Crippen LogP contribution in [0.15, 0.2) is 18.3 Å². The van der Waals surface area contributed by atoms with E-state index in [1.54, 1.807) is 29.7 Å². The third-order valence-electron chi connectivity index (χ3n) is 2.93. The third kappa shape index (κ3) is 3.92. The summed E-state index contributed by atoms with van der Waals surface area (Å²) in [6.07, 6.45) is 1.32. The molecule has 2 heterocycles. The predicted octanol–water partition coefficient (Wildman–Crippen LogP) is 2.06. The lowest BCUT2D eigenvalue weighted by molar-refractivity contribution is -0.132. The fraction of sp³-hybridized carbons (Fsp3) is 0.500. The highest BCUT2D eigenvalue weighted by Crippen LogP contribution is 2.15. The molecule has 0 bridgehead atoms. The van der Waals surface area contributed by atoms with Crippen LogP contribution in [0.2, 0.25) is 5.02 Å². The summed E-state index contributed by atoms with van der Waals surface area (Å²) < 4.78 is 7.22. The Labute approximate surface area is 128 Å². The number of ether oxygens (including phenoxy) is 1. The number of rotatable bonds is 6. The first kappa shape index (κ1) is 15.7. The van der Waals surface area contributed by atoms with Gasteiger partial charge in [0.2, 0.25) is 5.91 Å². The summed E-state index contributed by atoms with van der Waals surface area (Å²) >= 11 is 6.02. The zero-order valence-corrected chi connectivity index (χ0v) is 13.1. The van der Waals surface area contributed by atoms with Crippen LogP contribution in [0.25, 0.3) is 5.65 Å². The summed E-state index contributed by atoms with van der Waals surface area (Å²) in [5.41, 5.74) is 0.576. The molecule has 0 saturated heterocycles. The van der Waals surface area contributed by atoms with E-state index >= 15 is 0 Å². The van der Waals surface area contributed by atoms with Gasteiger partial charge in [0, 0.05) is 12.8 Å². The number of pyridine rings is 1. The number of hydrogen-bond donors (Lipinski definition) is 1. The molecule has 1 N–H and O–H groups in total. The second kappa shape index (κ2) is 6.87. The van der Waals surface area contributed by atoms with Crippen LogP contribution >= 0.6 is 11.6 Å². The first-order valence-corrected chi connectivity index (χ1v) is 7.24. The molecule has 2 aromatic rings. The molecule has 0 spiro atoms. The molecule has 6 nitrogen and oxygen atoms in total. The Morgan fingerprint density at radius 3 is 2.90 bits per heavy atom. The fourth-order valence-electron chi connectivity index (χ4n) is 1.77. The van der Waals surface area contributed by atoms with Gasteiger partial charge in [-0.15, -0.1) is 10.2 Å². The van der Waals surface area contributed by atoms with Crippen molar-refractivity contribution in [3.63, 3.8) is 0 Å². The van der Waals surface area contributed by atoms with Crippen molar-refractivity contribution < 1.29 is 9.53 Å². The Bertz CT molecular complexity index is 626. The predicted molar refractivity (Wildman–Crippen MR) is 80.1 cm³/mol. The molecule has 7 heteroatoms. The van der Waals surface area contributed by atoms with Gasteiger partial charge >= 0.3 is 0 Å². The summed E-state index contributed by atoms with van der Waals surface area (Å²) in [6, 6.07) is 3.55. The van der Waals surface area contributed by atoms with Crippen molar-refractivity contribution in [2.24, 2.45) is 5.92 Å². The van der Waals surface area contributed by atoms with Gasteiger partial charge in [-0.3, -0.25) is 9.20 Å². The van der Waals surface area contributed by atoms with Gasteiger partial charge in [-0.2, -0.15) is 0 Å². The zero-order valence-electron chi connectivity index (χ0n) is 12.3. The first-order chi connectivity index (χ1) is 9.99. The molecule has 0 saturated carbocycles. The number of aromatic nitrogens is 3. The fourth-order valence-corrected chi connectivity index (χ4v) is 1.98. The van der Waals surface area contributed by atoms with Crippen molar-refractivity contribution in [2.45, 2.75) is 33.4 Å². The molecule has 0 radical (unpaired) electrons. The SMILES string of the molecule is CC(C)COC(C)C(=O)NCc1nnc2c(Cl)cccn12. The van der Waals surface area contributed by atoms with Gasteiger partial charge in [0.05, 0.1) is 11.6 Å². The van der Waals surface area contributed by atoms with E-state index in [0.717, 1.165) is 0 Å². The van der Waals surface area contributed by atoms with Gasteiger partial charge in [-0.1, -0.05) is 25.4 Å². The molecule has 0 aromatic carbocycles. The van der Waals surface area contributed by atoms with E-state index in [0.29, 0.717) is 29.0 Å². The Morgan fingerprint density at radius 1 is 1.43 bits per heavy atom. The molecule has 1 amide bonds. The zero-order chi connectivity index (χ0) is 15.4. The average molecular weight is 311 g/mol. The standard InChI is InChI=1S/C14H19ClN4O2/c1-9(2)8-21-10(3)14(20)16-7-12-17-18-13-11(15)5-4-6-19(12)13/h4-6,9-10H,7-8H2,1-3H3,(H,16,20). The van der Waals surface area contributed by atoms with E-state index in [1.807, 2.05) is 13.8 Å². The summed E-state index contributed by atoms with van der Waals surface area (Å²) in [4.78, 5) is 11.9. The molecule has 1 unspecified atom stereocenters. The molecular formula is C14H19ClN4O2. The van der Waals surface area contributed by atoms with Gasteiger partial charge in [0.1, 0.15) is 6.10 Å². The van der Waals surface area contributed by atoms with Gasteiger partial charge in [0.15, 0.2) is 11.5 Å². The summed E-state index contributed by atoms with van der Waals surface area (Å²) in [5.74, 6) is 0.842. The Kier molecular flexibility index (Phi) is 5.14. The summed E-state index contributed by atoms with van der Waals surface area (Å²) in [6.45, 7) is 6.64. The second-order valence-corrected chi connectivity index (χ2v) is 5.66. The average Bonchev–Trinajstić information content (AvgIpc) is 2.86. The van der Waals surface area contributed by atoms with Crippen LogP contribution in [-0.4, -0.2) is 33.2 Å². The number of fused-ring (bicyclic) bond motifs is 1. The highest BCUT2D eigenvalue weighted by atomic mass is 35.5. The lowest BCUT2D eigenvalue weighted by atomic mass is 10.2. The Morgan fingerprint density at radius 2 is 2.19 bits per heavy atom. The quantitative estimate of drug-likeness (QED) is 0.886. The summed E-state index contributed by atoms with van der Waals surface area (Å²) in [5, 5.41) is 11.3. The van der Waals surface area contributed by atoms with Gasteiger partial charge in [0.25, 0.3) is 0 Å². The Balaban J connectivity index is 1.95. The molecule has 0 fully saturated rings. The summed E-state index contributed by atoms with van der Waals surface area (Å²) in [7, 11) is 0. The monoisotopic (exact) mass is 310 g/mol. The van der Waals surface area contributed by atoms with Crippen molar-refractivity contribution in [1.29, 1.82) is 0 Å². The minimum absolute atomic E-state index is 0.172. The minimum atomic E-state index is -0.491. The molecule has 2 aromatic heterocycles. The van der Waals surface area contributed by atoms with Crippen molar-refractivity contribution in [2.75, 3.05) is 6.61 Å². The maximum absolute atomic E-state index is 11.9. The topological polar surface area (TPSA) is 68.5 Å². The van der Waals surface area contributed by atoms with Crippen LogP contribution in [0.4, 0.5) is 0 Å². The number of nitrogens with one attached hydrogen (secondary N) is 1. The van der Waals surface area contributed by atoms with Crippen molar-refractivity contribution in [3.05, 3.63) is 29.2 Å². The lowest BCUT2D eigenvalue weighted by Gasteiger charge is -2.14. The highest BCUT2D eigenvalue weighted by molar-refractivity contribution is 6.33. The van der Waals surface area contributed by atoms with Crippen LogP contribution in [0.3, 0.4) is 0 Å². The lowest BCUT2D eigenvalue weighted by Crippen LogP contribution is -2.35. The maximum Gasteiger partial charge on any atom is 0.249 e. The van der Waals surface area contributed by atoms with Gasteiger partial charge in [-0.05, 0) is 25.0 Å². The van der Waals surface area contributed by atoms with Crippen molar-refractivity contribution in [1.82, 2.24) is 19.9 Å². The first-order valence-electron chi connectivity index (χ1n) is 6.86. The molecule has 0 aliphatic heterocycles. The molecule has 21 heavy (non-hydrogen) atoms. The van der Waals surface area contributed by atoms with Crippen LogP contribution in [0, 0.1) is 5.92 Å². The van der Waals surface area contributed by atoms with Crippen LogP contribution < -0.4 is 5.32 Å². The van der Waals surface area contributed by atoms with Gasteiger partial charge in [-0.25, -0.2) is 0 Å². The maximum atomic E-state index is 11.9. The molecular weight excluding hydrogens is 292 g/mol. The van der Waals surface area contributed by atoms with E-state index in [2.05, 4.69) is 15.5 Å². The smallest absolute Gasteiger partial charge is 0.249 e. The number of carbonyl (C=O) groups is 1. The molecule has 2 rings (SSSR count). The normalized spacial score (nSPS) is 12.8. The molecule has 1 atom stereocenters. The number of nitrogens with zero attached hydrogens (tertiary/aromatic N) is 3. The van der Waals surface area contributed by atoms with E-state index in [9.17, 15) is 4.79 Å². The van der Waals surface area contributed by atoms with Crippen LogP contribution in [-0.2, 0) is 16.1 Å².